The Labute approximate surface area is 148 Å². The molecule has 2 aromatic rings. The standard InChI is InChI=1S/C20H25N3O2/c1-2-23-13-11-18-16(14-23)4-3-5-19(18)22-20(25)21-12-10-15-6-8-17(24)9-7-15/h3-9,24H,2,10-14H2,1H3,(H2,21,22,25). The van der Waals surface area contributed by atoms with Crippen LogP contribution in [0.2, 0.25) is 0 Å². The lowest BCUT2D eigenvalue weighted by Gasteiger charge is -2.29. The quantitative estimate of drug-likeness (QED) is 0.784. The highest BCUT2D eigenvalue weighted by Crippen LogP contribution is 2.26. The van der Waals surface area contributed by atoms with E-state index in [1.54, 1.807) is 12.1 Å². The Hall–Kier alpha value is -2.53. The molecular weight excluding hydrogens is 314 g/mol. The number of nitrogens with one attached hydrogen (secondary N) is 2. The van der Waals surface area contributed by atoms with Gasteiger partial charge in [0.2, 0.25) is 0 Å². The SMILES string of the molecule is CCN1CCc2c(cccc2NC(=O)NCCc2ccc(O)cc2)C1. The van der Waals surface area contributed by atoms with Crippen molar-refractivity contribution in [3.8, 4) is 5.75 Å². The number of likely N-dealkylation sites (N-methyl/N-ethyl adjacent to an activating group) is 1. The van der Waals surface area contributed by atoms with Gasteiger partial charge in [0, 0.05) is 25.3 Å². The van der Waals surface area contributed by atoms with Gasteiger partial charge in [0.25, 0.3) is 0 Å². The molecule has 5 nitrogen and oxygen atoms in total. The number of fused-ring (bicyclic) bond motifs is 1. The Bertz CT molecular complexity index is 728. The van der Waals surface area contributed by atoms with E-state index in [4.69, 9.17) is 0 Å². The molecule has 0 radical (unpaired) electrons. The molecule has 1 aliphatic rings. The number of urea groups is 1. The van der Waals surface area contributed by atoms with E-state index in [2.05, 4.69) is 28.5 Å². The number of benzene rings is 2. The summed E-state index contributed by atoms with van der Waals surface area (Å²) < 4.78 is 0. The molecule has 25 heavy (non-hydrogen) atoms. The second-order valence-corrected chi connectivity index (χ2v) is 6.36. The summed E-state index contributed by atoms with van der Waals surface area (Å²) in [7, 11) is 0. The minimum atomic E-state index is -0.176. The summed E-state index contributed by atoms with van der Waals surface area (Å²) in [6.45, 7) is 5.76. The number of anilines is 1. The monoisotopic (exact) mass is 339 g/mol. The van der Waals surface area contributed by atoms with E-state index in [-0.39, 0.29) is 11.8 Å². The topological polar surface area (TPSA) is 64.6 Å². The predicted molar refractivity (Wildman–Crippen MR) is 99.9 cm³/mol. The predicted octanol–water partition coefficient (Wildman–Crippen LogP) is 3.13. The van der Waals surface area contributed by atoms with Crippen molar-refractivity contribution in [3.05, 3.63) is 59.2 Å². The van der Waals surface area contributed by atoms with Crippen molar-refractivity contribution >= 4 is 11.7 Å². The number of rotatable bonds is 5. The zero-order valence-corrected chi connectivity index (χ0v) is 14.6. The maximum absolute atomic E-state index is 12.2. The lowest BCUT2D eigenvalue weighted by Crippen LogP contribution is -2.33. The van der Waals surface area contributed by atoms with Gasteiger partial charge in [0.05, 0.1) is 0 Å². The van der Waals surface area contributed by atoms with E-state index in [1.807, 2.05) is 24.3 Å². The number of phenolic OH excluding ortho intramolecular Hbond substituents is 1. The first-order valence-electron chi connectivity index (χ1n) is 8.81. The van der Waals surface area contributed by atoms with Crippen LogP contribution in [0, 0.1) is 0 Å². The van der Waals surface area contributed by atoms with Crippen LogP contribution in [0.4, 0.5) is 10.5 Å². The lowest BCUT2D eigenvalue weighted by molar-refractivity contribution is 0.252. The second kappa shape index (κ2) is 8.03. The van der Waals surface area contributed by atoms with Crippen LogP contribution in [0.3, 0.4) is 0 Å². The van der Waals surface area contributed by atoms with Crippen molar-refractivity contribution in [2.75, 3.05) is 25.0 Å². The maximum atomic E-state index is 12.2. The third-order valence-electron chi connectivity index (χ3n) is 4.68. The van der Waals surface area contributed by atoms with Crippen molar-refractivity contribution in [1.82, 2.24) is 10.2 Å². The Balaban J connectivity index is 1.54. The van der Waals surface area contributed by atoms with Gasteiger partial charge in [-0.2, -0.15) is 0 Å². The van der Waals surface area contributed by atoms with Crippen LogP contribution in [-0.4, -0.2) is 35.7 Å². The molecule has 0 saturated heterocycles. The first-order chi connectivity index (χ1) is 12.2. The van der Waals surface area contributed by atoms with Crippen molar-refractivity contribution in [2.45, 2.75) is 26.3 Å². The van der Waals surface area contributed by atoms with E-state index in [9.17, 15) is 9.90 Å². The van der Waals surface area contributed by atoms with Gasteiger partial charge in [-0.1, -0.05) is 31.2 Å². The Morgan fingerprint density at radius 2 is 2.00 bits per heavy atom. The number of aromatic hydroxyl groups is 1. The van der Waals surface area contributed by atoms with Crippen LogP contribution in [0.1, 0.15) is 23.6 Å². The molecule has 1 aliphatic heterocycles. The summed E-state index contributed by atoms with van der Waals surface area (Å²) in [5.74, 6) is 0.255. The van der Waals surface area contributed by atoms with Crippen LogP contribution in [0.5, 0.6) is 5.75 Å². The lowest BCUT2D eigenvalue weighted by atomic mass is 9.98. The van der Waals surface area contributed by atoms with Crippen LogP contribution >= 0.6 is 0 Å². The van der Waals surface area contributed by atoms with Crippen LogP contribution in [0.15, 0.2) is 42.5 Å². The fourth-order valence-electron chi connectivity index (χ4n) is 3.20. The highest BCUT2D eigenvalue weighted by molar-refractivity contribution is 5.90. The summed E-state index contributed by atoms with van der Waals surface area (Å²) in [6, 6.07) is 13.0. The molecule has 0 aliphatic carbocycles. The number of hydrogen-bond donors (Lipinski definition) is 3. The molecule has 5 heteroatoms. The minimum absolute atomic E-state index is 0.176. The summed E-state index contributed by atoms with van der Waals surface area (Å²) >= 11 is 0. The first-order valence-corrected chi connectivity index (χ1v) is 8.81. The molecule has 3 rings (SSSR count). The van der Waals surface area contributed by atoms with Crippen molar-refractivity contribution < 1.29 is 9.90 Å². The fourth-order valence-corrected chi connectivity index (χ4v) is 3.20. The molecule has 0 saturated carbocycles. The molecule has 0 spiro atoms. The number of hydrogen-bond acceptors (Lipinski definition) is 3. The third-order valence-corrected chi connectivity index (χ3v) is 4.68. The summed E-state index contributed by atoms with van der Waals surface area (Å²) in [4.78, 5) is 14.6. The zero-order valence-electron chi connectivity index (χ0n) is 14.6. The molecule has 0 unspecified atom stereocenters. The Morgan fingerprint density at radius 1 is 1.20 bits per heavy atom. The van der Waals surface area contributed by atoms with Gasteiger partial charge < -0.3 is 15.7 Å². The van der Waals surface area contributed by atoms with E-state index < -0.39 is 0 Å². The molecule has 3 N–H and O–H groups in total. The smallest absolute Gasteiger partial charge is 0.319 e. The van der Waals surface area contributed by atoms with Gasteiger partial charge in [-0.15, -0.1) is 0 Å². The molecule has 2 aromatic carbocycles. The molecule has 0 bridgehead atoms. The van der Waals surface area contributed by atoms with E-state index in [0.29, 0.717) is 6.54 Å². The van der Waals surface area contributed by atoms with Crippen LogP contribution < -0.4 is 10.6 Å². The molecule has 132 valence electrons. The molecule has 0 atom stereocenters. The normalized spacial score (nSPS) is 14.0. The van der Waals surface area contributed by atoms with E-state index >= 15 is 0 Å². The van der Waals surface area contributed by atoms with Crippen LogP contribution in [0.25, 0.3) is 0 Å². The van der Waals surface area contributed by atoms with Crippen molar-refractivity contribution in [1.29, 1.82) is 0 Å². The number of nitrogens with zero attached hydrogens (tertiary/aromatic N) is 1. The fraction of sp³-hybridized carbons (Fsp3) is 0.350. The maximum Gasteiger partial charge on any atom is 0.319 e. The Morgan fingerprint density at radius 3 is 2.76 bits per heavy atom. The second-order valence-electron chi connectivity index (χ2n) is 6.36. The van der Waals surface area contributed by atoms with Crippen molar-refractivity contribution in [3.63, 3.8) is 0 Å². The number of phenols is 1. The molecule has 0 aromatic heterocycles. The largest absolute Gasteiger partial charge is 0.508 e. The van der Waals surface area contributed by atoms with Gasteiger partial charge >= 0.3 is 6.03 Å². The van der Waals surface area contributed by atoms with Gasteiger partial charge in [-0.25, -0.2) is 4.79 Å². The van der Waals surface area contributed by atoms with Gasteiger partial charge in [0.1, 0.15) is 5.75 Å². The van der Waals surface area contributed by atoms with Gasteiger partial charge in [-0.3, -0.25) is 4.90 Å². The van der Waals surface area contributed by atoms with Crippen molar-refractivity contribution in [2.24, 2.45) is 0 Å². The van der Waals surface area contributed by atoms with E-state index in [1.165, 1.54) is 11.1 Å². The molecule has 1 heterocycles. The van der Waals surface area contributed by atoms with Crippen LogP contribution in [-0.2, 0) is 19.4 Å². The summed E-state index contributed by atoms with van der Waals surface area (Å²) in [6.07, 6.45) is 1.69. The highest BCUT2D eigenvalue weighted by atomic mass is 16.3. The average molecular weight is 339 g/mol. The molecular formula is C20H25N3O2. The Kier molecular flexibility index (Phi) is 5.56. The minimum Gasteiger partial charge on any atom is -0.508 e. The summed E-state index contributed by atoms with van der Waals surface area (Å²) in [5, 5.41) is 15.2. The number of carbonyl (C=O) groups excluding carboxylic acids is 1. The molecule has 2 amide bonds. The number of carbonyl (C=O) groups is 1. The zero-order chi connectivity index (χ0) is 17.6. The third kappa shape index (κ3) is 4.51. The van der Waals surface area contributed by atoms with Gasteiger partial charge in [0.15, 0.2) is 0 Å². The highest BCUT2D eigenvalue weighted by Gasteiger charge is 2.18. The molecule has 0 fully saturated rings. The average Bonchev–Trinajstić information content (AvgIpc) is 2.63. The van der Waals surface area contributed by atoms with E-state index in [0.717, 1.165) is 43.7 Å². The number of amides is 2. The first kappa shape index (κ1) is 17.3. The van der Waals surface area contributed by atoms with Gasteiger partial charge in [-0.05, 0) is 54.3 Å². The summed E-state index contributed by atoms with van der Waals surface area (Å²) in [5.41, 5.74) is 4.54.